The van der Waals surface area contributed by atoms with Crippen molar-refractivity contribution in [3.63, 3.8) is 0 Å². The van der Waals surface area contributed by atoms with Crippen molar-refractivity contribution in [2.24, 2.45) is 11.8 Å². The lowest BCUT2D eigenvalue weighted by Crippen LogP contribution is -2.34. The van der Waals surface area contributed by atoms with Gasteiger partial charge < -0.3 is 9.42 Å². The summed E-state index contributed by atoms with van der Waals surface area (Å²) in [6.45, 7) is 2.93. The van der Waals surface area contributed by atoms with E-state index >= 15 is 0 Å². The van der Waals surface area contributed by atoms with Crippen LogP contribution >= 0.6 is 0 Å². The molecule has 0 aromatic carbocycles. The summed E-state index contributed by atoms with van der Waals surface area (Å²) < 4.78 is 31.1. The summed E-state index contributed by atoms with van der Waals surface area (Å²) in [5.74, 6) is -1.78. The van der Waals surface area contributed by atoms with Crippen molar-refractivity contribution in [3.8, 4) is 0 Å². The molecule has 1 saturated carbocycles. The van der Waals surface area contributed by atoms with E-state index < -0.39 is 27.8 Å². The number of rotatable bonds is 4. The predicted octanol–water partition coefficient (Wildman–Crippen LogP) is -0.179. The Balaban J connectivity index is 2.09. The third kappa shape index (κ3) is 2.92. The summed E-state index contributed by atoms with van der Waals surface area (Å²) in [5.41, 5.74) is 0.185. The van der Waals surface area contributed by atoms with E-state index in [2.05, 4.69) is 5.16 Å². The van der Waals surface area contributed by atoms with Crippen LogP contribution in [0.25, 0.3) is 0 Å². The van der Waals surface area contributed by atoms with Gasteiger partial charge in [-0.1, -0.05) is 5.16 Å². The molecule has 9 heteroatoms. The van der Waals surface area contributed by atoms with E-state index in [4.69, 9.17) is 4.52 Å². The molecule has 1 aliphatic carbocycles. The van der Waals surface area contributed by atoms with E-state index in [1.54, 1.807) is 14.1 Å². The summed E-state index contributed by atoms with van der Waals surface area (Å²) in [6.07, 6.45) is 0.361. The molecule has 0 aliphatic heterocycles. The van der Waals surface area contributed by atoms with Gasteiger partial charge in [0.1, 0.15) is 5.69 Å². The van der Waals surface area contributed by atoms with Gasteiger partial charge in [0.25, 0.3) is 10.0 Å². The van der Waals surface area contributed by atoms with Crippen LogP contribution in [0, 0.1) is 25.7 Å². The third-order valence-electron chi connectivity index (χ3n) is 3.36. The van der Waals surface area contributed by atoms with Crippen molar-refractivity contribution in [2.75, 3.05) is 14.1 Å². The van der Waals surface area contributed by atoms with E-state index in [0.717, 1.165) is 0 Å². The Morgan fingerprint density at radius 3 is 2.38 bits per heavy atom. The van der Waals surface area contributed by atoms with E-state index in [0.29, 0.717) is 6.42 Å². The molecule has 1 aliphatic rings. The first kappa shape index (κ1) is 15.5. The van der Waals surface area contributed by atoms with Crippen LogP contribution in [0.3, 0.4) is 0 Å². The number of aryl methyl sites for hydroxylation is 2. The van der Waals surface area contributed by atoms with Gasteiger partial charge in [0.15, 0.2) is 10.7 Å². The van der Waals surface area contributed by atoms with Gasteiger partial charge >= 0.3 is 0 Å². The molecule has 0 bridgehead atoms. The highest BCUT2D eigenvalue weighted by molar-refractivity contribution is 7.90. The Morgan fingerprint density at radius 1 is 1.29 bits per heavy atom. The van der Waals surface area contributed by atoms with E-state index in [1.165, 1.54) is 18.7 Å². The van der Waals surface area contributed by atoms with Crippen LogP contribution in [0.2, 0.25) is 0 Å². The highest BCUT2D eigenvalue weighted by Crippen LogP contribution is 2.40. The molecule has 1 heterocycles. The minimum absolute atomic E-state index is 0.115. The molecule has 116 valence electrons. The first-order valence-corrected chi connectivity index (χ1v) is 7.84. The molecule has 0 spiro atoms. The maximum atomic E-state index is 12.2. The Kier molecular flexibility index (Phi) is 3.79. The van der Waals surface area contributed by atoms with Crippen molar-refractivity contribution in [1.29, 1.82) is 0 Å². The van der Waals surface area contributed by atoms with E-state index in [1.807, 2.05) is 4.72 Å². The second-order valence-corrected chi connectivity index (χ2v) is 6.92. The summed E-state index contributed by atoms with van der Waals surface area (Å²) in [4.78, 5) is 24.9. The second-order valence-electron chi connectivity index (χ2n) is 5.30. The quantitative estimate of drug-likeness (QED) is 0.825. The van der Waals surface area contributed by atoms with Gasteiger partial charge in [0, 0.05) is 14.1 Å². The Labute approximate surface area is 122 Å². The van der Waals surface area contributed by atoms with Crippen molar-refractivity contribution in [2.45, 2.75) is 25.2 Å². The molecule has 2 atom stereocenters. The minimum Gasteiger partial charge on any atom is -0.360 e. The zero-order valence-electron chi connectivity index (χ0n) is 12.2. The lowest BCUT2D eigenvalue weighted by atomic mass is 10.3. The maximum Gasteiger partial charge on any atom is 0.269 e. The summed E-state index contributed by atoms with van der Waals surface area (Å²) in [7, 11) is -0.846. The highest BCUT2D eigenvalue weighted by atomic mass is 32.2. The van der Waals surface area contributed by atoms with Gasteiger partial charge in [-0.3, -0.25) is 9.59 Å². The SMILES string of the molecule is Cc1noc(C)c1S(=O)(=O)NC(=O)[C@H]1C[C@H]1C(=O)N(C)C. The number of nitrogens with one attached hydrogen (secondary N) is 1. The Hall–Kier alpha value is -1.90. The number of hydrogen-bond acceptors (Lipinski definition) is 6. The standard InChI is InChI=1S/C12H17N3O5S/c1-6-10(7(2)20-13-6)21(18,19)14-11(16)8-5-9(8)12(17)15(3)4/h8-9H,5H2,1-4H3,(H,14,16)/t8-,9+/m0/s1. The van der Waals surface area contributed by atoms with Crippen molar-refractivity contribution in [3.05, 3.63) is 11.5 Å². The Morgan fingerprint density at radius 2 is 1.90 bits per heavy atom. The number of aromatic nitrogens is 1. The minimum atomic E-state index is -4.03. The number of hydrogen-bond donors (Lipinski definition) is 1. The molecule has 8 nitrogen and oxygen atoms in total. The molecule has 1 N–H and O–H groups in total. The smallest absolute Gasteiger partial charge is 0.269 e. The zero-order valence-corrected chi connectivity index (χ0v) is 13.0. The fourth-order valence-corrected chi connectivity index (χ4v) is 3.57. The van der Waals surface area contributed by atoms with Crippen molar-refractivity contribution in [1.82, 2.24) is 14.8 Å². The van der Waals surface area contributed by atoms with Crippen LogP contribution in [0.5, 0.6) is 0 Å². The van der Waals surface area contributed by atoms with Crippen LogP contribution in [-0.2, 0) is 19.6 Å². The number of carbonyl (C=O) groups excluding carboxylic acids is 2. The fraction of sp³-hybridized carbons (Fsp3) is 0.583. The van der Waals surface area contributed by atoms with E-state index in [-0.39, 0.29) is 22.3 Å². The monoisotopic (exact) mass is 315 g/mol. The van der Waals surface area contributed by atoms with Gasteiger partial charge in [-0.2, -0.15) is 0 Å². The molecule has 0 saturated heterocycles. The van der Waals surface area contributed by atoms with Crippen LogP contribution in [0.15, 0.2) is 9.42 Å². The predicted molar refractivity (Wildman–Crippen MR) is 71.6 cm³/mol. The molecule has 1 aromatic rings. The molecule has 1 aromatic heterocycles. The van der Waals surface area contributed by atoms with E-state index in [9.17, 15) is 18.0 Å². The third-order valence-corrected chi connectivity index (χ3v) is 4.95. The molecular formula is C12H17N3O5S. The van der Waals surface area contributed by atoms with Crippen LogP contribution in [-0.4, -0.2) is 44.4 Å². The normalized spacial score (nSPS) is 21.0. The molecule has 0 radical (unpaired) electrons. The average molecular weight is 315 g/mol. The second kappa shape index (κ2) is 5.14. The lowest BCUT2D eigenvalue weighted by molar-refractivity contribution is -0.132. The van der Waals surface area contributed by atoms with Crippen LogP contribution < -0.4 is 4.72 Å². The number of sulfonamides is 1. The average Bonchev–Trinajstić information content (AvgIpc) is 3.08. The van der Waals surface area contributed by atoms with Crippen LogP contribution in [0.4, 0.5) is 0 Å². The van der Waals surface area contributed by atoms with Gasteiger partial charge in [0.05, 0.1) is 11.8 Å². The van der Waals surface area contributed by atoms with Gasteiger partial charge in [-0.25, -0.2) is 13.1 Å². The highest BCUT2D eigenvalue weighted by Gasteiger charge is 2.49. The van der Waals surface area contributed by atoms with Gasteiger partial charge in [0.2, 0.25) is 11.8 Å². The first-order valence-electron chi connectivity index (χ1n) is 6.36. The molecule has 0 unspecified atom stereocenters. The Bertz CT molecular complexity index is 672. The number of amides is 2. The number of carbonyl (C=O) groups is 2. The maximum absolute atomic E-state index is 12.2. The largest absolute Gasteiger partial charge is 0.360 e. The number of nitrogens with zero attached hydrogens (tertiary/aromatic N) is 2. The topological polar surface area (TPSA) is 110 Å². The summed E-state index contributed by atoms with van der Waals surface area (Å²) >= 11 is 0. The molecular weight excluding hydrogens is 298 g/mol. The van der Waals surface area contributed by atoms with Crippen LogP contribution in [0.1, 0.15) is 17.9 Å². The molecule has 1 fully saturated rings. The zero-order chi connectivity index (χ0) is 15.9. The fourth-order valence-electron chi connectivity index (χ4n) is 2.21. The first-order chi connectivity index (χ1) is 9.65. The van der Waals surface area contributed by atoms with Gasteiger partial charge in [-0.05, 0) is 20.3 Å². The molecule has 2 amide bonds. The lowest BCUT2D eigenvalue weighted by Gasteiger charge is -2.10. The van der Waals surface area contributed by atoms with Gasteiger partial charge in [-0.15, -0.1) is 0 Å². The summed E-state index contributed by atoms with van der Waals surface area (Å²) in [6, 6.07) is 0. The van der Waals surface area contributed by atoms with Crippen molar-refractivity contribution >= 4 is 21.8 Å². The summed E-state index contributed by atoms with van der Waals surface area (Å²) in [5, 5.41) is 3.55. The molecule has 2 rings (SSSR count). The molecule has 21 heavy (non-hydrogen) atoms. The van der Waals surface area contributed by atoms with Crippen molar-refractivity contribution < 1.29 is 22.5 Å².